The number of pyridine rings is 1. The Hall–Kier alpha value is -1.17. The van der Waals surface area contributed by atoms with Gasteiger partial charge in [-0.3, -0.25) is 4.98 Å². The van der Waals surface area contributed by atoms with Crippen molar-refractivity contribution in [3.8, 4) is 5.75 Å². The molecule has 2 N–H and O–H groups in total. The zero-order valence-corrected chi connectivity index (χ0v) is 12.2. The average molecular weight is 268 g/mol. The summed E-state index contributed by atoms with van der Waals surface area (Å²) >= 11 is 0. The quantitative estimate of drug-likeness (QED) is 0.684. The van der Waals surface area contributed by atoms with E-state index in [1.54, 1.807) is 20.4 Å². The second-order valence-corrected chi connectivity index (χ2v) is 4.60. The molecule has 19 heavy (non-hydrogen) atoms. The molecule has 0 aliphatic heterocycles. The monoisotopic (exact) mass is 268 g/mol. The van der Waals surface area contributed by atoms with Crippen LogP contribution in [0.25, 0.3) is 0 Å². The molecule has 0 amide bonds. The van der Waals surface area contributed by atoms with Gasteiger partial charge in [-0.2, -0.15) is 0 Å². The fourth-order valence-electron chi connectivity index (χ4n) is 2.02. The highest BCUT2D eigenvalue weighted by Crippen LogP contribution is 2.24. The molecule has 0 saturated heterocycles. The summed E-state index contributed by atoms with van der Waals surface area (Å²) in [6.45, 7) is 5.84. The van der Waals surface area contributed by atoms with Crippen LogP contribution < -0.4 is 10.1 Å². The molecule has 0 spiro atoms. The molecular formula is C14H24N2O3. The van der Waals surface area contributed by atoms with E-state index in [0.717, 1.165) is 29.1 Å². The van der Waals surface area contributed by atoms with E-state index in [-0.39, 0.29) is 0 Å². The summed E-state index contributed by atoms with van der Waals surface area (Å²) in [6.07, 6.45) is 1.84. The van der Waals surface area contributed by atoms with E-state index in [4.69, 9.17) is 9.47 Å². The number of hydrogen-bond acceptors (Lipinski definition) is 5. The van der Waals surface area contributed by atoms with Gasteiger partial charge in [0.05, 0.1) is 19.8 Å². The molecule has 1 heterocycles. The maximum absolute atomic E-state index is 9.98. The Bertz CT molecular complexity index is 397. The van der Waals surface area contributed by atoms with Gasteiger partial charge < -0.3 is 19.9 Å². The van der Waals surface area contributed by atoms with Crippen LogP contribution in [-0.2, 0) is 11.2 Å². The van der Waals surface area contributed by atoms with Crippen LogP contribution >= 0.6 is 0 Å². The van der Waals surface area contributed by atoms with Crippen molar-refractivity contribution in [2.75, 3.05) is 33.9 Å². The lowest BCUT2D eigenvalue weighted by molar-refractivity contribution is 0.159. The predicted octanol–water partition coefficient (Wildman–Crippen LogP) is 0.846. The minimum absolute atomic E-state index is 0.463. The van der Waals surface area contributed by atoms with E-state index in [9.17, 15) is 5.11 Å². The Morgan fingerprint density at radius 3 is 2.74 bits per heavy atom. The van der Waals surface area contributed by atoms with Crippen LogP contribution in [0.5, 0.6) is 5.75 Å². The average Bonchev–Trinajstić information content (AvgIpc) is 2.39. The van der Waals surface area contributed by atoms with Crippen LogP contribution in [0.2, 0.25) is 0 Å². The fourth-order valence-corrected chi connectivity index (χ4v) is 2.02. The molecule has 0 aromatic carbocycles. The number of rotatable bonds is 8. The van der Waals surface area contributed by atoms with E-state index in [0.29, 0.717) is 19.6 Å². The minimum Gasteiger partial charge on any atom is -0.496 e. The van der Waals surface area contributed by atoms with E-state index >= 15 is 0 Å². The molecule has 0 aliphatic carbocycles. The summed E-state index contributed by atoms with van der Waals surface area (Å²) in [5.74, 6) is 0.851. The third kappa shape index (κ3) is 4.78. The van der Waals surface area contributed by atoms with Gasteiger partial charge in [0.1, 0.15) is 5.75 Å². The maximum atomic E-state index is 9.98. The maximum Gasteiger partial charge on any atom is 0.128 e. The topological polar surface area (TPSA) is 63.6 Å². The van der Waals surface area contributed by atoms with Gasteiger partial charge in [-0.05, 0) is 13.8 Å². The number of aryl methyl sites for hydroxylation is 1. The third-order valence-corrected chi connectivity index (χ3v) is 3.04. The van der Waals surface area contributed by atoms with Crippen molar-refractivity contribution in [2.24, 2.45) is 0 Å². The zero-order chi connectivity index (χ0) is 14.3. The van der Waals surface area contributed by atoms with Crippen molar-refractivity contribution in [1.29, 1.82) is 0 Å². The van der Waals surface area contributed by atoms with Crippen LogP contribution in [0.3, 0.4) is 0 Å². The van der Waals surface area contributed by atoms with Crippen molar-refractivity contribution in [1.82, 2.24) is 10.3 Å². The Morgan fingerprint density at radius 2 is 2.11 bits per heavy atom. The Kier molecular flexibility index (Phi) is 6.77. The number of hydrogen-bond donors (Lipinski definition) is 2. The van der Waals surface area contributed by atoms with E-state index in [2.05, 4.69) is 10.3 Å². The molecule has 0 bridgehead atoms. The Labute approximate surface area is 115 Å². The second-order valence-electron chi connectivity index (χ2n) is 4.60. The zero-order valence-electron chi connectivity index (χ0n) is 12.2. The van der Waals surface area contributed by atoms with Gasteiger partial charge >= 0.3 is 0 Å². The molecule has 0 saturated carbocycles. The van der Waals surface area contributed by atoms with E-state index < -0.39 is 6.10 Å². The van der Waals surface area contributed by atoms with Crippen molar-refractivity contribution >= 4 is 0 Å². The largest absolute Gasteiger partial charge is 0.496 e. The van der Waals surface area contributed by atoms with Crippen LogP contribution in [0, 0.1) is 13.8 Å². The van der Waals surface area contributed by atoms with Crippen molar-refractivity contribution in [2.45, 2.75) is 26.4 Å². The summed E-state index contributed by atoms with van der Waals surface area (Å²) in [4.78, 5) is 4.38. The van der Waals surface area contributed by atoms with Crippen LogP contribution in [-0.4, -0.2) is 50.1 Å². The highest BCUT2D eigenvalue weighted by atomic mass is 16.5. The Morgan fingerprint density at radius 1 is 1.37 bits per heavy atom. The number of aliphatic hydroxyl groups excluding tert-OH is 1. The van der Waals surface area contributed by atoms with Crippen LogP contribution in [0.1, 0.15) is 16.8 Å². The summed E-state index contributed by atoms with van der Waals surface area (Å²) < 4.78 is 10.3. The molecule has 1 atom stereocenters. The molecule has 5 nitrogen and oxygen atoms in total. The summed E-state index contributed by atoms with van der Waals surface area (Å²) in [5.41, 5.74) is 2.89. The number of nitrogens with one attached hydrogen (secondary N) is 1. The SMILES string of the molecule is COCCNCC(O)Cc1ncc(C)c(OC)c1C. The standard InChI is InChI=1S/C14H24N2O3/c1-10-8-16-13(11(2)14(10)19-4)7-12(17)9-15-5-6-18-3/h8,12,15,17H,5-7,9H2,1-4H3. The normalized spacial score (nSPS) is 12.5. The van der Waals surface area contributed by atoms with Crippen molar-refractivity contribution in [3.05, 3.63) is 23.0 Å². The highest BCUT2D eigenvalue weighted by Gasteiger charge is 2.13. The fraction of sp³-hybridized carbons (Fsp3) is 0.643. The van der Waals surface area contributed by atoms with Gasteiger partial charge in [-0.25, -0.2) is 0 Å². The van der Waals surface area contributed by atoms with Gasteiger partial charge in [0.15, 0.2) is 0 Å². The van der Waals surface area contributed by atoms with Crippen molar-refractivity contribution in [3.63, 3.8) is 0 Å². The third-order valence-electron chi connectivity index (χ3n) is 3.04. The molecule has 0 radical (unpaired) electrons. The van der Waals surface area contributed by atoms with Gasteiger partial charge in [-0.1, -0.05) is 0 Å². The first kappa shape index (κ1) is 15.9. The molecule has 1 aromatic heterocycles. The van der Waals surface area contributed by atoms with Crippen LogP contribution in [0.4, 0.5) is 0 Å². The predicted molar refractivity (Wildman–Crippen MR) is 74.7 cm³/mol. The smallest absolute Gasteiger partial charge is 0.128 e. The molecular weight excluding hydrogens is 244 g/mol. The molecule has 1 unspecified atom stereocenters. The minimum atomic E-state index is -0.463. The lowest BCUT2D eigenvalue weighted by atomic mass is 10.1. The molecule has 1 aromatic rings. The molecule has 108 valence electrons. The number of aromatic nitrogens is 1. The summed E-state index contributed by atoms with van der Waals surface area (Å²) in [6, 6.07) is 0. The van der Waals surface area contributed by atoms with E-state index in [1.807, 2.05) is 13.8 Å². The first-order valence-corrected chi connectivity index (χ1v) is 6.47. The van der Waals surface area contributed by atoms with Gasteiger partial charge in [0.25, 0.3) is 0 Å². The van der Waals surface area contributed by atoms with Gasteiger partial charge in [0.2, 0.25) is 0 Å². The number of nitrogens with zero attached hydrogens (tertiary/aromatic N) is 1. The highest BCUT2D eigenvalue weighted by molar-refractivity contribution is 5.41. The van der Waals surface area contributed by atoms with E-state index in [1.165, 1.54) is 0 Å². The molecule has 0 fully saturated rings. The lowest BCUT2D eigenvalue weighted by Gasteiger charge is -2.15. The molecule has 5 heteroatoms. The Balaban J connectivity index is 2.57. The number of ether oxygens (including phenoxy) is 2. The summed E-state index contributed by atoms with van der Waals surface area (Å²) in [7, 11) is 3.31. The second kappa shape index (κ2) is 8.09. The van der Waals surface area contributed by atoms with Crippen LogP contribution in [0.15, 0.2) is 6.20 Å². The van der Waals surface area contributed by atoms with Gasteiger partial charge in [-0.15, -0.1) is 0 Å². The molecule has 0 aliphatic rings. The van der Waals surface area contributed by atoms with Crippen molar-refractivity contribution < 1.29 is 14.6 Å². The lowest BCUT2D eigenvalue weighted by Crippen LogP contribution is -2.31. The summed E-state index contributed by atoms with van der Waals surface area (Å²) in [5, 5.41) is 13.1. The number of aliphatic hydroxyl groups is 1. The first-order chi connectivity index (χ1) is 9.10. The molecule has 1 rings (SSSR count). The van der Waals surface area contributed by atoms with Gasteiger partial charge in [0, 0.05) is 49.6 Å². The number of methoxy groups -OCH3 is 2. The first-order valence-electron chi connectivity index (χ1n) is 6.47.